The summed E-state index contributed by atoms with van der Waals surface area (Å²) in [6.45, 7) is 3.10. The highest BCUT2D eigenvalue weighted by Gasteiger charge is 2.42. The van der Waals surface area contributed by atoms with Crippen molar-refractivity contribution in [2.45, 2.75) is 70.3 Å². The Balaban J connectivity index is 1.57. The van der Waals surface area contributed by atoms with Crippen LogP contribution in [0.3, 0.4) is 0 Å². The van der Waals surface area contributed by atoms with E-state index >= 15 is 0 Å². The van der Waals surface area contributed by atoms with Crippen molar-refractivity contribution < 1.29 is 9.53 Å². The summed E-state index contributed by atoms with van der Waals surface area (Å²) in [6, 6.07) is 0. The lowest BCUT2D eigenvalue weighted by Gasteiger charge is -2.43. The molecule has 0 N–H and O–H groups in total. The van der Waals surface area contributed by atoms with Crippen molar-refractivity contribution in [3.05, 3.63) is 0 Å². The van der Waals surface area contributed by atoms with E-state index in [2.05, 4.69) is 6.92 Å². The third-order valence-electron chi connectivity index (χ3n) is 6.13. The molecule has 21 heavy (non-hydrogen) atoms. The number of hydrogen-bond acceptors (Lipinski definition) is 3. The van der Waals surface area contributed by atoms with E-state index in [1.165, 1.54) is 30.8 Å². The molecule has 0 radical (unpaired) electrons. The van der Waals surface area contributed by atoms with E-state index in [4.69, 9.17) is 4.74 Å². The van der Waals surface area contributed by atoms with Crippen LogP contribution in [0.1, 0.15) is 64.7 Å². The number of thioether (sulfide) groups is 1. The molecular formula is C18H30O2S. The van der Waals surface area contributed by atoms with Crippen LogP contribution in [-0.2, 0) is 9.53 Å². The van der Waals surface area contributed by atoms with Crippen LogP contribution in [0.5, 0.6) is 0 Å². The van der Waals surface area contributed by atoms with Crippen molar-refractivity contribution >= 4 is 17.5 Å². The minimum atomic E-state index is 0.0600. The van der Waals surface area contributed by atoms with Gasteiger partial charge in [-0.2, -0.15) is 11.8 Å². The second-order valence-electron chi connectivity index (χ2n) is 7.36. The number of rotatable bonds is 3. The van der Waals surface area contributed by atoms with Crippen LogP contribution in [0, 0.1) is 17.8 Å². The van der Waals surface area contributed by atoms with Crippen molar-refractivity contribution in [2.24, 2.45) is 17.8 Å². The SMILES string of the molecule is CCC1CCC(C(=O)C2CCOC3(CCSCC3)C2)CC1. The number of carbonyl (C=O) groups excluding carboxylic acids is 1. The van der Waals surface area contributed by atoms with Gasteiger partial charge in [-0.25, -0.2) is 0 Å². The molecule has 2 saturated heterocycles. The molecule has 3 heteroatoms. The molecule has 0 aromatic carbocycles. The Labute approximate surface area is 133 Å². The van der Waals surface area contributed by atoms with Crippen LogP contribution >= 0.6 is 11.8 Å². The zero-order chi connectivity index (χ0) is 14.7. The highest BCUT2D eigenvalue weighted by molar-refractivity contribution is 7.99. The van der Waals surface area contributed by atoms with Gasteiger partial charge in [0.1, 0.15) is 5.78 Å². The molecule has 2 aliphatic heterocycles. The van der Waals surface area contributed by atoms with Crippen LogP contribution in [0.25, 0.3) is 0 Å². The van der Waals surface area contributed by atoms with Crippen LogP contribution in [0.2, 0.25) is 0 Å². The highest BCUT2D eigenvalue weighted by Crippen LogP contribution is 2.42. The summed E-state index contributed by atoms with van der Waals surface area (Å²) in [5.74, 6) is 4.55. The molecule has 1 atom stereocenters. The van der Waals surface area contributed by atoms with Gasteiger partial charge in [0.15, 0.2) is 0 Å². The maximum atomic E-state index is 12.9. The zero-order valence-electron chi connectivity index (χ0n) is 13.4. The minimum Gasteiger partial charge on any atom is -0.375 e. The molecule has 0 bridgehead atoms. The van der Waals surface area contributed by atoms with Crippen molar-refractivity contribution in [2.75, 3.05) is 18.1 Å². The molecule has 1 aliphatic carbocycles. The monoisotopic (exact) mass is 310 g/mol. The predicted octanol–water partition coefficient (Wildman–Crippen LogP) is 4.46. The Kier molecular flexibility index (Phi) is 5.32. The Morgan fingerprint density at radius 2 is 1.81 bits per heavy atom. The number of ether oxygens (including phenoxy) is 1. The van der Waals surface area contributed by atoms with E-state index < -0.39 is 0 Å². The molecular weight excluding hydrogens is 280 g/mol. The van der Waals surface area contributed by atoms with Gasteiger partial charge in [-0.1, -0.05) is 13.3 Å². The smallest absolute Gasteiger partial charge is 0.139 e. The first-order chi connectivity index (χ1) is 10.2. The van der Waals surface area contributed by atoms with Gasteiger partial charge >= 0.3 is 0 Å². The van der Waals surface area contributed by atoms with Gasteiger partial charge in [-0.15, -0.1) is 0 Å². The summed E-state index contributed by atoms with van der Waals surface area (Å²) >= 11 is 2.04. The molecule has 2 heterocycles. The van der Waals surface area contributed by atoms with E-state index in [0.717, 1.165) is 51.0 Å². The van der Waals surface area contributed by atoms with Crippen LogP contribution < -0.4 is 0 Å². The quantitative estimate of drug-likeness (QED) is 0.769. The standard InChI is InChI=1S/C18H30O2S/c1-2-14-3-5-15(6-4-14)17(19)16-7-10-20-18(13-16)8-11-21-12-9-18/h14-16H,2-13H2,1H3. The Hall–Kier alpha value is -0.0200. The van der Waals surface area contributed by atoms with E-state index in [-0.39, 0.29) is 5.60 Å². The van der Waals surface area contributed by atoms with Crippen molar-refractivity contribution in [3.63, 3.8) is 0 Å². The topological polar surface area (TPSA) is 26.3 Å². The maximum absolute atomic E-state index is 12.9. The van der Waals surface area contributed by atoms with E-state index in [1.54, 1.807) is 0 Å². The fraction of sp³-hybridized carbons (Fsp3) is 0.944. The normalized spacial score (nSPS) is 36.5. The van der Waals surface area contributed by atoms with E-state index in [1.807, 2.05) is 11.8 Å². The third-order valence-corrected chi connectivity index (χ3v) is 7.11. The molecule has 3 fully saturated rings. The first-order valence-electron chi connectivity index (χ1n) is 8.98. The highest BCUT2D eigenvalue weighted by atomic mass is 32.2. The predicted molar refractivity (Wildman–Crippen MR) is 88.7 cm³/mol. The second kappa shape index (κ2) is 7.04. The van der Waals surface area contributed by atoms with Crippen LogP contribution in [0.4, 0.5) is 0 Å². The van der Waals surface area contributed by atoms with Crippen LogP contribution in [-0.4, -0.2) is 29.5 Å². The average Bonchev–Trinajstić information content (AvgIpc) is 2.55. The van der Waals surface area contributed by atoms with E-state index in [9.17, 15) is 4.79 Å². The third kappa shape index (κ3) is 3.67. The number of Topliss-reactive ketones (excluding diaryl/α,β-unsaturated/α-hetero) is 1. The molecule has 0 amide bonds. The molecule has 3 aliphatic rings. The van der Waals surface area contributed by atoms with E-state index in [0.29, 0.717) is 17.6 Å². The molecule has 0 aromatic heterocycles. The molecule has 1 saturated carbocycles. The minimum absolute atomic E-state index is 0.0600. The Morgan fingerprint density at radius 1 is 1.10 bits per heavy atom. The van der Waals surface area contributed by atoms with Gasteiger partial charge in [-0.05, 0) is 68.8 Å². The number of carbonyl (C=O) groups is 1. The summed E-state index contributed by atoms with van der Waals surface area (Å²) in [6.07, 6.45) is 10.4. The average molecular weight is 311 g/mol. The molecule has 1 spiro atoms. The fourth-order valence-electron chi connectivity index (χ4n) is 4.55. The van der Waals surface area contributed by atoms with Crippen LogP contribution in [0.15, 0.2) is 0 Å². The van der Waals surface area contributed by atoms with Gasteiger partial charge in [-0.3, -0.25) is 4.79 Å². The lowest BCUT2D eigenvalue weighted by molar-refractivity contribution is -0.143. The summed E-state index contributed by atoms with van der Waals surface area (Å²) in [5.41, 5.74) is 0.0600. The van der Waals surface area contributed by atoms with Gasteiger partial charge in [0.25, 0.3) is 0 Å². The molecule has 2 nitrogen and oxygen atoms in total. The Morgan fingerprint density at radius 3 is 2.48 bits per heavy atom. The molecule has 120 valence electrons. The second-order valence-corrected chi connectivity index (χ2v) is 8.59. The van der Waals surface area contributed by atoms with Gasteiger partial charge < -0.3 is 4.74 Å². The van der Waals surface area contributed by atoms with Gasteiger partial charge in [0.2, 0.25) is 0 Å². The number of hydrogen-bond donors (Lipinski definition) is 0. The number of ketones is 1. The van der Waals surface area contributed by atoms with Crippen molar-refractivity contribution in [1.29, 1.82) is 0 Å². The summed E-state index contributed by atoms with van der Waals surface area (Å²) in [4.78, 5) is 12.9. The molecule has 0 aromatic rings. The first kappa shape index (κ1) is 15.9. The molecule has 3 rings (SSSR count). The summed E-state index contributed by atoms with van der Waals surface area (Å²) in [5, 5.41) is 0. The largest absolute Gasteiger partial charge is 0.375 e. The van der Waals surface area contributed by atoms with Gasteiger partial charge in [0, 0.05) is 18.4 Å². The van der Waals surface area contributed by atoms with Crippen molar-refractivity contribution in [3.8, 4) is 0 Å². The lowest BCUT2D eigenvalue weighted by atomic mass is 9.72. The summed E-state index contributed by atoms with van der Waals surface area (Å²) < 4.78 is 6.14. The Bertz CT molecular complexity index is 349. The van der Waals surface area contributed by atoms with Crippen molar-refractivity contribution in [1.82, 2.24) is 0 Å². The lowest BCUT2D eigenvalue weighted by Crippen LogP contribution is -2.45. The first-order valence-corrected chi connectivity index (χ1v) is 10.1. The molecule has 1 unspecified atom stereocenters. The zero-order valence-corrected chi connectivity index (χ0v) is 14.3. The fourth-order valence-corrected chi connectivity index (χ4v) is 5.79. The van der Waals surface area contributed by atoms with Gasteiger partial charge in [0.05, 0.1) is 5.60 Å². The summed E-state index contributed by atoms with van der Waals surface area (Å²) in [7, 11) is 0. The maximum Gasteiger partial charge on any atom is 0.139 e.